The van der Waals surface area contributed by atoms with Crippen molar-refractivity contribution in [1.29, 1.82) is 0 Å². The van der Waals surface area contributed by atoms with Crippen molar-refractivity contribution in [3.63, 3.8) is 0 Å². The van der Waals surface area contributed by atoms with Gasteiger partial charge in [-0.2, -0.15) is 0 Å². The van der Waals surface area contributed by atoms with Crippen molar-refractivity contribution in [2.24, 2.45) is 0 Å². The maximum Gasteiger partial charge on any atom is 0.271 e. The van der Waals surface area contributed by atoms with Gasteiger partial charge in [0.25, 0.3) is 5.91 Å². The topological polar surface area (TPSA) is 89.1 Å². The van der Waals surface area contributed by atoms with Gasteiger partial charge < -0.3 is 29.7 Å². The molecule has 2 N–H and O–H groups in total. The fraction of sp³-hybridized carbons (Fsp3) is 0.500. The highest BCUT2D eigenvalue weighted by atomic mass is 35.5. The van der Waals surface area contributed by atoms with E-state index in [0.717, 1.165) is 18.4 Å². The Balaban J connectivity index is 2.33. The van der Waals surface area contributed by atoms with Gasteiger partial charge in [0, 0.05) is 50.5 Å². The zero-order valence-corrected chi connectivity index (χ0v) is 20.5. The van der Waals surface area contributed by atoms with Crippen LogP contribution in [0.5, 0.6) is 0 Å². The van der Waals surface area contributed by atoms with Gasteiger partial charge in [0.15, 0.2) is 6.29 Å². The predicted molar refractivity (Wildman–Crippen MR) is 127 cm³/mol. The zero-order valence-electron chi connectivity index (χ0n) is 19.8. The molecule has 0 saturated heterocycles. The van der Waals surface area contributed by atoms with Crippen molar-refractivity contribution >= 4 is 23.4 Å². The second kappa shape index (κ2) is 13.9. The highest BCUT2D eigenvalue weighted by Gasteiger charge is 2.30. The van der Waals surface area contributed by atoms with Gasteiger partial charge in [-0.05, 0) is 24.1 Å². The summed E-state index contributed by atoms with van der Waals surface area (Å²) in [5.74, 6) is 0.0782. The first kappa shape index (κ1) is 26.7. The first-order valence-corrected chi connectivity index (χ1v) is 11.5. The molecule has 0 aromatic heterocycles. The van der Waals surface area contributed by atoms with Gasteiger partial charge in [-0.3, -0.25) is 9.59 Å². The maximum absolute atomic E-state index is 13.3. The molecule has 0 spiro atoms. The Morgan fingerprint density at radius 2 is 1.97 bits per heavy atom. The molecule has 1 heterocycles. The van der Waals surface area contributed by atoms with E-state index < -0.39 is 6.29 Å². The fourth-order valence-electron chi connectivity index (χ4n) is 3.24. The first-order valence-electron chi connectivity index (χ1n) is 11.1. The van der Waals surface area contributed by atoms with E-state index in [9.17, 15) is 9.59 Å². The van der Waals surface area contributed by atoms with E-state index in [1.807, 2.05) is 12.1 Å². The summed E-state index contributed by atoms with van der Waals surface area (Å²) in [4.78, 5) is 27.1. The second-order valence-corrected chi connectivity index (χ2v) is 8.01. The van der Waals surface area contributed by atoms with Crippen LogP contribution < -0.4 is 10.6 Å². The Hall–Kier alpha value is -2.55. The molecule has 0 unspecified atom stereocenters. The molecule has 0 fully saturated rings. The lowest BCUT2D eigenvalue weighted by atomic mass is 10.1. The largest absolute Gasteiger partial charge is 0.495 e. The average molecular weight is 480 g/mol. The summed E-state index contributed by atoms with van der Waals surface area (Å²) in [7, 11) is 3.06. The molecule has 0 saturated carbocycles. The van der Waals surface area contributed by atoms with E-state index in [4.69, 9.17) is 25.8 Å². The molecule has 0 aliphatic carbocycles. The number of carbonyl (C=O) groups is 2. The van der Waals surface area contributed by atoms with Gasteiger partial charge in [0.05, 0.1) is 13.2 Å². The number of ether oxygens (including phenoxy) is 3. The van der Waals surface area contributed by atoms with Gasteiger partial charge in [0.2, 0.25) is 5.91 Å². The average Bonchev–Trinajstić information content (AvgIpc) is 2.81. The summed E-state index contributed by atoms with van der Waals surface area (Å²) in [6.45, 7) is 4.86. The van der Waals surface area contributed by atoms with Crippen LogP contribution in [0, 0.1) is 0 Å². The van der Waals surface area contributed by atoms with Gasteiger partial charge in [0.1, 0.15) is 11.5 Å². The number of benzene rings is 1. The lowest BCUT2D eigenvalue weighted by Crippen LogP contribution is -2.41. The van der Waals surface area contributed by atoms with E-state index in [1.165, 1.54) is 14.2 Å². The smallest absolute Gasteiger partial charge is 0.271 e. The third-order valence-electron chi connectivity index (χ3n) is 5.04. The molecule has 0 radical (unpaired) electrons. The number of amides is 2. The van der Waals surface area contributed by atoms with Crippen molar-refractivity contribution in [1.82, 2.24) is 15.5 Å². The fourth-order valence-corrected chi connectivity index (χ4v) is 3.45. The minimum atomic E-state index is -0.588. The van der Waals surface area contributed by atoms with Crippen molar-refractivity contribution in [2.45, 2.75) is 52.4 Å². The second-order valence-electron chi connectivity index (χ2n) is 7.57. The number of nitrogens with zero attached hydrogens (tertiary/aromatic N) is 1. The molecule has 1 aliphatic heterocycles. The van der Waals surface area contributed by atoms with Crippen molar-refractivity contribution in [3.05, 3.63) is 58.2 Å². The molecule has 2 rings (SSSR count). The van der Waals surface area contributed by atoms with Crippen LogP contribution in [0.25, 0.3) is 0 Å². The molecule has 1 aliphatic rings. The molecule has 2 amide bonds. The number of halogens is 1. The monoisotopic (exact) mass is 479 g/mol. The van der Waals surface area contributed by atoms with E-state index in [0.29, 0.717) is 48.2 Å². The van der Waals surface area contributed by atoms with Crippen LogP contribution in [0.1, 0.15) is 45.1 Å². The number of methoxy groups -OCH3 is 2. The summed E-state index contributed by atoms with van der Waals surface area (Å²) < 4.78 is 16.7. The van der Waals surface area contributed by atoms with Crippen molar-refractivity contribution < 1.29 is 23.8 Å². The summed E-state index contributed by atoms with van der Waals surface area (Å²) in [6.07, 6.45) is 3.60. The summed E-state index contributed by atoms with van der Waals surface area (Å²) in [6, 6.07) is 7.31. The zero-order chi connectivity index (χ0) is 24.2. The molecule has 182 valence electrons. The Labute approximate surface area is 200 Å². The van der Waals surface area contributed by atoms with Crippen molar-refractivity contribution in [3.8, 4) is 0 Å². The van der Waals surface area contributed by atoms with Crippen molar-refractivity contribution in [2.75, 3.05) is 27.4 Å². The molecule has 8 nitrogen and oxygen atoms in total. The van der Waals surface area contributed by atoms with Gasteiger partial charge >= 0.3 is 0 Å². The molecule has 33 heavy (non-hydrogen) atoms. The third-order valence-corrected chi connectivity index (χ3v) is 5.27. The molecule has 9 heteroatoms. The summed E-state index contributed by atoms with van der Waals surface area (Å²) >= 11 is 6.06. The van der Waals surface area contributed by atoms with E-state index in [2.05, 4.69) is 17.6 Å². The number of carbonyl (C=O) groups excluding carboxylic acids is 2. The highest BCUT2D eigenvalue weighted by molar-refractivity contribution is 6.30. The number of hydrogen-bond acceptors (Lipinski definition) is 6. The highest BCUT2D eigenvalue weighted by Crippen LogP contribution is 2.27. The van der Waals surface area contributed by atoms with Crippen LogP contribution in [0.2, 0.25) is 5.02 Å². The van der Waals surface area contributed by atoms with Crippen LogP contribution >= 0.6 is 11.6 Å². The number of unbranched alkanes of at least 4 members (excludes halogenated alkanes) is 1. The van der Waals surface area contributed by atoms with Gasteiger partial charge in [-0.1, -0.05) is 44.0 Å². The quantitative estimate of drug-likeness (QED) is 0.331. The van der Waals surface area contributed by atoms with Gasteiger partial charge in [-0.15, -0.1) is 0 Å². The van der Waals surface area contributed by atoms with E-state index in [1.54, 1.807) is 30.2 Å². The minimum absolute atomic E-state index is 0.113. The number of rotatable bonds is 13. The van der Waals surface area contributed by atoms with Crippen LogP contribution in [0.4, 0.5) is 0 Å². The Kier molecular flexibility index (Phi) is 11.2. The third kappa shape index (κ3) is 8.38. The summed E-state index contributed by atoms with van der Waals surface area (Å²) in [5.41, 5.74) is 1.89. The Morgan fingerprint density at radius 1 is 1.21 bits per heavy atom. The van der Waals surface area contributed by atoms with Crippen LogP contribution in [0.3, 0.4) is 0 Å². The number of hydrogen-bond donors (Lipinski definition) is 2. The molecule has 0 bridgehead atoms. The molecule has 1 aromatic rings. The molecular formula is C24H34ClN3O5. The minimum Gasteiger partial charge on any atom is -0.495 e. The summed E-state index contributed by atoms with van der Waals surface area (Å²) in [5, 5.41) is 6.44. The number of nitrogens with one attached hydrogen (secondary N) is 2. The van der Waals surface area contributed by atoms with Crippen LogP contribution in [-0.4, -0.2) is 50.4 Å². The first-order chi connectivity index (χ1) is 15.9. The molecule has 0 atom stereocenters. The molecular weight excluding hydrogens is 446 g/mol. The van der Waals surface area contributed by atoms with E-state index >= 15 is 0 Å². The predicted octanol–water partition coefficient (Wildman–Crippen LogP) is 3.68. The normalized spacial score (nSPS) is 13.8. The van der Waals surface area contributed by atoms with Crippen LogP contribution in [-0.2, 0) is 30.3 Å². The van der Waals surface area contributed by atoms with Gasteiger partial charge in [-0.25, -0.2) is 0 Å². The lowest BCUT2D eigenvalue weighted by molar-refractivity contribution is -0.123. The van der Waals surface area contributed by atoms with E-state index in [-0.39, 0.29) is 18.4 Å². The van der Waals surface area contributed by atoms with Crippen LogP contribution in [0.15, 0.2) is 47.6 Å². The Bertz CT molecular complexity index is 867. The SMILES string of the molecule is CCCCOC1=C(C(=O)NCc2cccc(Cl)c2)N(CC(OC)OC)C=C(NC(=O)CC)C1. The lowest BCUT2D eigenvalue weighted by Gasteiger charge is -2.32. The maximum atomic E-state index is 13.3. The molecule has 1 aromatic carbocycles. The Morgan fingerprint density at radius 3 is 2.61 bits per heavy atom. The standard InChI is InChI=1S/C24H34ClN3O5/c1-5-7-11-33-20-13-19(27-21(29)6-2)15-28(16-22(31-3)32-4)23(20)24(30)26-14-17-9-8-10-18(25)12-17/h8-10,12,15,22H,5-7,11,13-14,16H2,1-4H3,(H,26,30)(H,27,29).